The Balaban J connectivity index is 1.57. The molecule has 0 spiro atoms. The van der Waals surface area contributed by atoms with E-state index in [9.17, 15) is 34.6 Å². The van der Waals surface area contributed by atoms with Crippen molar-refractivity contribution in [2.24, 2.45) is 5.16 Å². The van der Waals surface area contributed by atoms with Crippen LogP contribution in [0, 0.1) is 0 Å². The van der Waals surface area contributed by atoms with Crippen molar-refractivity contribution in [2.75, 3.05) is 5.75 Å². The zero-order chi connectivity index (χ0) is 25.1. The number of thioether (sulfide) groups is 2. The van der Waals surface area contributed by atoms with Gasteiger partial charge in [-0.1, -0.05) is 47.2 Å². The van der Waals surface area contributed by atoms with Crippen LogP contribution >= 0.6 is 23.5 Å². The van der Waals surface area contributed by atoms with Crippen molar-refractivity contribution in [1.29, 1.82) is 0 Å². The van der Waals surface area contributed by atoms with Gasteiger partial charge in [0.2, 0.25) is 5.16 Å². The molecule has 16 heteroatoms. The van der Waals surface area contributed by atoms with Crippen LogP contribution in [0.4, 0.5) is 0 Å². The molecule has 14 nitrogen and oxygen atoms in total. The molecule has 1 fully saturated rings. The van der Waals surface area contributed by atoms with Crippen molar-refractivity contribution in [3.8, 4) is 0 Å². The van der Waals surface area contributed by atoms with Gasteiger partial charge >= 0.3 is 11.9 Å². The predicted octanol–water partition coefficient (Wildman–Crippen LogP) is -0.248. The maximum atomic E-state index is 12.9. The summed E-state index contributed by atoms with van der Waals surface area (Å²) in [6, 6.07) is 7.06. The van der Waals surface area contributed by atoms with Gasteiger partial charge in [0, 0.05) is 16.6 Å². The average Bonchev–Trinajstić information content (AvgIpc) is 3.35. The molecule has 1 aromatic carbocycles. The standard InChI is InChI=1S/C19H17N7O7S2/c27-11(28)6-10(35-19-21-24-25-22-19)9-7-34-17-13(16(30)26(17)14(9)18(31)32)20-15(29)12(23-33)8-4-2-1-3-5-8/h1-5,10,13,17,33H,6-7H2,(H,20,29)(H,27,28)(H,31,32)(H,21,22,24,25)/t10?,13?,17-/m0/s1. The van der Waals surface area contributed by atoms with E-state index in [0.717, 1.165) is 16.7 Å². The first kappa shape index (κ1) is 24.2. The first-order chi connectivity index (χ1) is 16.8. The highest BCUT2D eigenvalue weighted by Crippen LogP contribution is 2.44. The number of carboxylic acids is 2. The third kappa shape index (κ3) is 4.83. The predicted molar refractivity (Wildman–Crippen MR) is 121 cm³/mol. The molecule has 2 aromatic rings. The Labute approximate surface area is 204 Å². The molecule has 0 radical (unpaired) electrons. The number of rotatable bonds is 9. The van der Waals surface area contributed by atoms with Gasteiger partial charge < -0.3 is 20.7 Å². The number of H-pyrrole nitrogens is 1. The average molecular weight is 520 g/mol. The van der Waals surface area contributed by atoms with Crippen molar-refractivity contribution in [3.63, 3.8) is 0 Å². The van der Waals surface area contributed by atoms with E-state index in [1.807, 2.05) is 0 Å². The SMILES string of the molecule is O=C(O)CC(Sc1nn[nH]n1)C1=C(C(=O)O)N2C(=O)C(NC(=O)C(=NO)c3ccccc3)[C@@H]2SC1. The molecule has 5 N–H and O–H groups in total. The van der Waals surface area contributed by atoms with Crippen molar-refractivity contribution >= 4 is 53.0 Å². The number of fused-ring (bicyclic) bond motifs is 1. The Hall–Kier alpha value is -3.92. The molecular formula is C19H17N7O7S2. The van der Waals surface area contributed by atoms with E-state index in [0.29, 0.717) is 5.56 Å². The number of tetrazole rings is 1. The molecule has 2 unspecified atom stereocenters. The van der Waals surface area contributed by atoms with Crippen molar-refractivity contribution in [1.82, 2.24) is 30.8 Å². The number of nitrogens with one attached hydrogen (secondary N) is 2. The van der Waals surface area contributed by atoms with Gasteiger partial charge in [0.05, 0.1) is 6.42 Å². The number of oxime groups is 1. The smallest absolute Gasteiger partial charge is 0.352 e. The summed E-state index contributed by atoms with van der Waals surface area (Å²) >= 11 is 2.09. The molecule has 2 aliphatic rings. The van der Waals surface area contributed by atoms with Gasteiger partial charge in [-0.2, -0.15) is 5.21 Å². The van der Waals surface area contributed by atoms with Crippen LogP contribution < -0.4 is 5.32 Å². The van der Waals surface area contributed by atoms with Gasteiger partial charge in [-0.15, -0.1) is 22.0 Å². The lowest BCUT2D eigenvalue weighted by atomic mass is 10.00. The number of aliphatic carboxylic acids is 2. The number of amides is 2. The summed E-state index contributed by atoms with van der Waals surface area (Å²) in [5, 5.41) is 45.8. The van der Waals surface area contributed by atoms with Gasteiger partial charge in [-0.05, 0) is 10.8 Å². The second-order valence-electron chi connectivity index (χ2n) is 7.25. The second kappa shape index (κ2) is 10.1. The normalized spacial score (nSPS) is 20.6. The molecule has 1 aromatic heterocycles. The summed E-state index contributed by atoms with van der Waals surface area (Å²) in [6.07, 6.45) is -0.438. The first-order valence-corrected chi connectivity index (χ1v) is 11.9. The Bertz CT molecular complexity index is 1220. The van der Waals surface area contributed by atoms with Gasteiger partial charge in [0.1, 0.15) is 17.1 Å². The van der Waals surface area contributed by atoms with E-state index in [-0.39, 0.29) is 27.9 Å². The summed E-state index contributed by atoms with van der Waals surface area (Å²) in [5.41, 5.74) is -0.0946. The molecule has 182 valence electrons. The molecule has 35 heavy (non-hydrogen) atoms. The van der Waals surface area contributed by atoms with Crippen LogP contribution in [0.1, 0.15) is 12.0 Å². The van der Waals surface area contributed by atoms with E-state index >= 15 is 0 Å². The third-order valence-corrected chi connectivity index (χ3v) is 7.59. The van der Waals surface area contributed by atoms with E-state index in [4.69, 9.17) is 0 Å². The van der Waals surface area contributed by atoms with Crippen molar-refractivity contribution in [3.05, 3.63) is 47.2 Å². The van der Waals surface area contributed by atoms with Gasteiger partial charge in [0.25, 0.3) is 11.8 Å². The second-order valence-corrected chi connectivity index (χ2v) is 9.53. The minimum absolute atomic E-state index is 0.0882. The quantitative estimate of drug-likeness (QED) is 0.0954. The zero-order valence-corrected chi connectivity index (χ0v) is 19.2. The summed E-state index contributed by atoms with van der Waals surface area (Å²) in [7, 11) is 0. The monoisotopic (exact) mass is 519 g/mol. The molecule has 1 saturated heterocycles. The fourth-order valence-corrected chi connectivity index (χ4v) is 6.18. The molecule has 3 atom stereocenters. The Kier molecular flexibility index (Phi) is 7.02. The van der Waals surface area contributed by atoms with Crippen molar-refractivity contribution in [2.45, 2.75) is 28.2 Å². The van der Waals surface area contributed by atoms with E-state index in [1.165, 1.54) is 11.8 Å². The lowest BCUT2D eigenvalue weighted by Gasteiger charge is -2.50. The largest absolute Gasteiger partial charge is 0.481 e. The molecule has 0 saturated carbocycles. The van der Waals surface area contributed by atoms with Crippen LogP contribution in [-0.4, -0.2) is 92.8 Å². The number of carbonyl (C=O) groups excluding carboxylic acids is 2. The minimum Gasteiger partial charge on any atom is -0.481 e. The number of β-lactam (4-membered cyclic amide) rings is 1. The summed E-state index contributed by atoms with van der Waals surface area (Å²) in [5.74, 6) is -3.98. The maximum Gasteiger partial charge on any atom is 0.352 e. The highest BCUT2D eigenvalue weighted by atomic mass is 32.2. The topological polar surface area (TPSA) is 211 Å². The maximum absolute atomic E-state index is 12.9. The first-order valence-electron chi connectivity index (χ1n) is 9.93. The van der Waals surface area contributed by atoms with E-state index in [2.05, 4.69) is 31.1 Å². The number of nitrogens with zero attached hydrogens (tertiary/aromatic N) is 5. The van der Waals surface area contributed by atoms with E-state index < -0.39 is 46.8 Å². The molecule has 2 aliphatic heterocycles. The molecule has 3 heterocycles. The number of hydrogen-bond acceptors (Lipinski definition) is 11. The van der Waals surface area contributed by atoms with Gasteiger partial charge in [0.15, 0.2) is 5.71 Å². The fraction of sp³-hybridized carbons (Fsp3) is 0.263. The molecule has 0 bridgehead atoms. The van der Waals surface area contributed by atoms with Crippen molar-refractivity contribution < 1.29 is 34.6 Å². The van der Waals surface area contributed by atoms with Crippen LogP contribution in [0.2, 0.25) is 0 Å². The summed E-state index contributed by atoms with van der Waals surface area (Å²) in [4.78, 5) is 50.3. The van der Waals surface area contributed by atoms with Crippen LogP contribution in [0.25, 0.3) is 0 Å². The number of carboxylic acid groups (broad SMARTS) is 2. The Morgan fingerprint density at radius 3 is 2.63 bits per heavy atom. The lowest BCUT2D eigenvalue weighted by molar-refractivity contribution is -0.150. The van der Waals surface area contributed by atoms with Crippen LogP contribution in [0.5, 0.6) is 0 Å². The molecule has 2 amide bonds. The van der Waals surface area contributed by atoms with Gasteiger partial charge in [-0.25, -0.2) is 4.79 Å². The zero-order valence-electron chi connectivity index (χ0n) is 17.6. The minimum atomic E-state index is -1.41. The highest BCUT2D eigenvalue weighted by molar-refractivity contribution is 8.01. The van der Waals surface area contributed by atoms with Gasteiger partial charge in [-0.3, -0.25) is 19.3 Å². The number of benzene rings is 1. The lowest BCUT2D eigenvalue weighted by Crippen LogP contribution is -2.71. The highest BCUT2D eigenvalue weighted by Gasteiger charge is 2.55. The number of hydrogen-bond donors (Lipinski definition) is 5. The summed E-state index contributed by atoms with van der Waals surface area (Å²) < 4.78 is 0. The van der Waals surface area contributed by atoms with E-state index in [1.54, 1.807) is 30.3 Å². The van der Waals surface area contributed by atoms with Crippen LogP contribution in [0.15, 0.2) is 51.9 Å². The number of aromatic amines is 1. The fourth-order valence-electron chi connectivity index (χ4n) is 3.65. The van der Waals surface area contributed by atoms with Crippen LogP contribution in [0.3, 0.4) is 0 Å². The third-order valence-electron chi connectivity index (χ3n) is 5.17. The number of aromatic nitrogens is 4. The Morgan fingerprint density at radius 1 is 1.29 bits per heavy atom. The molecule has 0 aliphatic carbocycles. The van der Waals surface area contributed by atoms with Crippen LogP contribution in [-0.2, 0) is 19.2 Å². The molecular weight excluding hydrogens is 502 g/mol. The number of carbonyl (C=O) groups is 4. The Morgan fingerprint density at radius 2 is 2.03 bits per heavy atom. The molecule has 4 rings (SSSR count). The summed E-state index contributed by atoms with van der Waals surface area (Å²) in [6.45, 7) is 0.